The van der Waals surface area contributed by atoms with Crippen molar-refractivity contribution in [3.63, 3.8) is 0 Å². The third-order valence-corrected chi connectivity index (χ3v) is 6.88. The van der Waals surface area contributed by atoms with Crippen molar-refractivity contribution in [1.82, 2.24) is 4.90 Å². The first-order valence-electron chi connectivity index (χ1n) is 9.32. The molecule has 0 saturated heterocycles. The summed E-state index contributed by atoms with van der Waals surface area (Å²) < 4.78 is 0. The highest BCUT2D eigenvalue weighted by Gasteiger charge is 2.10. The molecule has 0 spiro atoms. The fourth-order valence-corrected chi connectivity index (χ4v) is 5.27. The van der Waals surface area contributed by atoms with Gasteiger partial charge in [0.2, 0.25) is 0 Å². The molecular weight excluding hydrogens is 366 g/mol. The molecular formula is C24H23NS2. The van der Waals surface area contributed by atoms with Crippen LogP contribution in [0.3, 0.4) is 0 Å². The van der Waals surface area contributed by atoms with Gasteiger partial charge in [0.1, 0.15) is 0 Å². The minimum atomic E-state index is 1.01. The first-order chi connectivity index (χ1) is 13.3. The standard InChI is InChI=1S/C24H23NS2/c1-2-25(17-21-13-15-23(26-21)19-9-5-3-6-10-19)18-22-14-16-24(27-22)20-11-7-4-8-12-20/h3-16H,2,17-18H2,1H3. The average Bonchev–Trinajstić information content (AvgIpc) is 3.39. The second kappa shape index (κ2) is 8.66. The van der Waals surface area contributed by atoms with Gasteiger partial charge in [-0.25, -0.2) is 0 Å². The Morgan fingerprint density at radius 3 is 1.44 bits per heavy atom. The maximum absolute atomic E-state index is 2.52. The van der Waals surface area contributed by atoms with Crippen LogP contribution >= 0.6 is 22.7 Å². The van der Waals surface area contributed by atoms with Gasteiger partial charge in [0.25, 0.3) is 0 Å². The highest BCUT2D eigenvalue weighted by atomic mass is 32.1. The molecule has 4 rings (SSSR count). The summed E-state index contributed by atoms with van der Waals surface area (Å²) in [6.07, 6.45) is 0. The summed E-state index contributed by atoms with van der Waals surface area (Å²) in [6, 6.07) is 30.4. The van der Waals surface area contributed by atoms with Crippen molar-refractivity contribution < 1.29 is 0 Å². The van der Waals surface area contributed by atoms with E-state index in [0.717, 1.165) is 19.6 Å². The average molecular weight is 390 g/mol. The van der Waals surface area contributed by atoms with E-state index in [-0.39, 0.29) is 0 Å². The predicted molar refractivity (Wildman–Crippen MR) is 119 cm³/mol. The van der Waals surface area contributed by atoms with Crippen LogP contribution in [0.5, 0.6) is 0 Å². The van der Waals surface area contributed by atoms with Crippen LogP contribution in [0.4, 0.5) is 0 Å². The van der Waals surface area contributed by atoms with Gasteiger partial charge in [0.05, 0.1) is 0 Å². The lowest BCUT2D eigenvalue weighted by molar-refractivity contribution is 0.276. The minimum absolute atomic E-state index is 1.01. The topological polar surface area (TPSA) is 3.24 Å². The lowest BCUT2D eigenvalue weighted by Gasteiger charge is -2.18. The van der Waals surface area contributed by atoms with Gasteiger partial charge in [-0.05, 0) is 41.9 Å². The van der Waals surface area contributed by atoms with Crippen LogP contribution < -0.4 is 0 Å². The number of benzene rings is 2. The monoisotopic (exact) mass is 389 g/mol. The van der Waals surface area contributed by atoms with Gasteiger partial charge in [-0.15, -0.1) is 22.7 Å². The molecule has 0 atom stereocenters. The number of nitrogens with zero attached hydrogens (tertiary/aromatic N) is 1. The Morgan fingerprint density at radius 1 is 0.593 bits per heavy atom. The van der Waals surface area contributed by atoms with Crippen molar-refractivity contribution in [3.8, 4) is 20.9 Å². The fraction of sp³-hybridized carbons (Fsp3) is 0.167. The van der Waals surface area contributed by atoms with Crippen LogP contribution in [0.1, 0.15) is 16.7 Å². The molecule has 4 aromatic rings. The van der Waals surface area contributed by atoms with Gasteiger partial charge in [-0.2, -0.15) is 0 Å². The Morgan fingerprint density at radius 2 is 1.04 bits per heavy atom. The molecule has 2 heterocycles. The molecule has 2 aromatic heterocycles. The van der Waals surface area contributed by atoms with Crippen LogP contribution in [0.25, 0.3) is 20.9 Å². The van der Waals surface area contributed by atoms with Gasteiger partial charge in [0.15, 0.2) is 0 Å². The third kappa shape index (κ3) is 4.56. The molecule has 1 nitrogen and oxygen atoms in total. The Balaban J connectivity index is 1.43. The summed E-state index contributed by atoms with van der Waals surface area (Å²) in [5.74, 6) is 0. The van der Waals surface area contributed by atoms with Crippen molar-refractivity contribution in [2.75, 3.05) is 6.54 Å². The first kappa shape index (κ1) is 18.2. The Labute approximate surface area is 169 Å². The molecule has 3 heteroatoms. The number of hydrogen-bond acceptors (Lipinski definition) is 3. The molecule has 0 aliphatic carbocycles. The largest absolute Gasteiger partial charge is 0.293 e. The number of thiophene rings is 2. The molecule has 0 saturated carbocycles. The smallest absolute Gasteiger partial charge is 0.0346 e. The number of hydrogen-bond donors (Lipinski definition) is 0. The van der Waals surface area contributed by atoms with Crippen LogP contribution in [-0.2, 0) is 13.1 Å². The summed E-state index contributed by atoms with van der Waals surface area (Å²) in [5, 5.41) is 0. The van der Waals surface area contributed by atoms with Gasteiger partial charge >= 0.3 is 0 Å². The molecule has 27 heavy (non-hydrogen) atoms. The second-order valence-corrected chi connectivity index (χ2v) is 8.90. The van der Waals surface area contributed by atoms with Gasteiger partial charge < -0.3 is 0 Å². The Kier molecular flexibility index (Phi) is 5.83. The van der Waals surface area contributed by atoms with Gasteiger partial charge in [-0.1, -0.05) is 67.6 Å². The normalized spacial score (nSPS) is 11.2. The highest BCUT2D eigenvalue weighted by molar-refractivity contribution is 7.15. The maximum Gasteiger partial charge on any atom is 0.0346 e. The number of rotatable bonds is 7. The molecule has 0 aliphatic rings. The zero-order valence-corrected chi connectivity index (χ0v) is 17.1. The molecule has 0 aliphatic heterocycles. The first-order valence-corrected chi connectivity index (χ1v) is 11.0. The summed E-state index contributed by atoms with van der Waals surface area (Å²) in [6.45, 7) is 5.31. The van der Waals surface area contributed by atoms with Gasteiger partial charge in [-0.3, -0.25) is 4.90 Å². The van der Waals surface area contributed by atoms with E-state index in [9.17, 15) is 0 Å². The van der Waals surface area contributed by atoms with E-state index < -0.39 is 0 Å². The third-order valence-electron chi connectivity index (χ3n) is 4.65. The van der Waals surface area contributed by atoms with E-state index in [2.05, 4.69) is 96.8 Å². The highest BCUT2D eigenvalue weighted by Crippen LogP contribution is 2.31. The SMILES string of the molecule is CCN(Cc1ccc(-c2ccccc2)s1)Cc1ccc(-c2ccccc2)s1. The molecule has 0 radical (unpaired) electrons. The predicted octanol–water partition coefficient (Wildman–Crippen LogP) is 7.17. The fourth-order valence-electron chi connectivity index (χ4n) is 3.16. The van der Waals surface area contributed by atoms with E-state index in [0.29, 0.717) is 0 Å². The van der Waals surface area contributed by atoms with Crippen molar-refractivity contribution in [3.05, 3.63) is 94.7 Å². The summed E-state index contributed by atoms with van der Waals surface area (Å²) in [4.78, 5) is 8.07. The van der Waals surface area contributed by atoms with E-state index >= 15 is 0 Å². The molecule has 0 N–H and O–H groups in total. The summed E-state index contributed by atoms with van der Waals surface area (Å²) in [7, 11) is 0. The molecule has 136 valence electrons. The van der Waals surface area contributed by atoms with E-state index in [4.69, 9.17) is 0 Å². The van der Waals surface area contributed by atoms with Crippen LogP contribution in [0.15, 0.2) is 84.9 Å². The quantitative estimate of drug-likeness (QED) is 0.324. The Bertz CT molecular complexity index is 890. The summed E-state index contributed by atoms with van der Waals surface area (Å²) in [5.41, 5.74) is 2.62. The zero-order valence-electron chi connectivity index (χ0n) is 15.5. The van der Waals surface area contributed by atoms with Crippen LogP contribution in [-0.4, -0.2) is 11.4 Å². The van der Waals surface area contributed by atoms with Crippen molar-refractivity contribution in [1.29, 1.82) is 0 Å². The summed E-state index contributed by atoms with van der Waals surface area (Å²) >= 11 is 3.81. The zero-order chi connectivity index (χ0) is 18.5. The second-order valence-electron chi connectivity index (χ2n) is 6.57. The van der Waals surface area contributed by atoms with E-state index in [1.54, 1.807) is 0 Å². The van der Waals surface area contributed by atoms with Gasteiger partial charge in [0, 0.05) is 32.6 Å². The van der Waals surface area contributed by atoms with Crippen molar-refractivity contribution in [2.24, 2.45) is 0 Å². The van der Waals surface area contributed by atoms with Crippen molar-refractivity contribution in [2.45, 2.75) is 20.0 Å². The lowest BCUT2D eigenvalue weighted by atomic mass is 10.2. The van der Waals surface area contributed by atoms with E-state index in [1.807, 2.05) is 22.7 Å². The minimum Gasteiger partial charge on any atom is -0.293 e. The lowest BCUT2D eigenvalue weighted by Crippen LogP contribution is -2.21. The molecule has 0 unspecified atom stereocenters. The molecule has 0 amide bonds. The maximum atomic E-state index is 2.52. The van der Waals surface area contributed by atoms with Crippen LogP contribution in [0.2, 0.25) is 0 Å². The molecule has 0 bridgehead atoms. The molecule has 2 aromatic carbocycles. The van der Waals surface area contributed by atoms with E-state index in [1.165, 1.54) is 30.6 Å². The van der Waals surface area contributed by atoms with Crippen LogP contribution in [0, 0.1) is 0 Å². The Hall–Kier alpha value is -2.20. The van der Waals surface area contributed by atoms with Crippen molar-refractivity contribution >= 4 is 22.7 Å². The molecule has 0 fully saturated rings.